The maximum absolute atomic E-state index is 13.8. The monoisotopic (exact) mass is 304 g/mol. The average Bonchev–Trinajstić information content (AvgIpc) is 2.84. The second-order valence-electron chi connectivity index (χ2n) is 5.03. The Morgan fingerprint density at radius 2 is 2.15 bits per heavy atom. The van der Waals surface area contributed by atoms with Gasteiger partial charge in [-0.3, -0.25) is 0 Å². The minimum atomic E-state index is -3.53. The van der Waals surface area contributed by atoms with Crippen LogP contribution in [-0.2, 0) is 14.6 Å². The van der Waals surface area contributed by atoms with Crippen LogP contribution in [0, 0.1) is 11.6 Å². The first-order valence-corrected chi connectivity index (χ1v) is 8.43. The number of hydrogen-bond donors (Lipinski definition) is 0. The Hall–Kier alpha value is -1.01. The van der Waals surface area contributed by atoms with Gasteiger partial charge < -0.3 is 4.74 Å². The molecule has 0 saturated carbocycles. The van der Waals surface area contributed by atoms with Crippen LogP contribution in [0.4, 0.5) is 8.78 Å². The molecule has 2 unspecified atom stereocenters. The van der Waals surface area contributed by atoms with Crippen LogP contribution in [0.25, 0.3) is 0 Å². The van der Waals surface area contributed by atoms with E-state index in [4.69, 9.17) is 4.74 Å². The first kappa shape index (κ1) is 15.4. The number of ether oxygens (including phenoxy) is 1. The fraction of sp³-hybridized carbons (Fsp3) is 0.571. The van der Waals surface area contributed by atoms with Crippen molar-refractivity contribution in [3.05, 3.63) is 35.4 Å². The summed E-state index contributed by atoms with van der Waals surface area (Å²) in [5.41, 5.74) is 0.0342. The standard InChI is InChI=1S/C14H18F2O3S/c1-2-14(12-6-5-10(15)8-13(12)16)20(17,18)9-11-4-3-7-19-11/h5-6,8,11,14H,2-4,7,9H2,1H3. The van der Waals surface area contributed by atoms with Crippen molar-refractivity contribution in [3.63, 3.8) is 0 Å². The van der Waals surface area contributed by atoms with E-state index in [-0.39, 0.29) is 23.8 Å². The fourth-order valence-electron chi connectivity index (χ4n) is 2.58. The normalized spacial score (nSPS) is 21.1. The van der Waals surface area contributed by atoms with E-state index in [1.807, 2.05) is 0 Å². The third-order valence-corrected chi connectivity index (χ3v) is 5.85. The van der Waals surface area contributed by atoms with Crippen LogP contribution in [-0.4, -0.2) is 26.9 Å². The highest BCUT2D eigenvalue weighted by atomic mass is 32.2. The van der Waals surface area contributed by atoms with Crippen LogP contribution in [0.2, 0.25) is 0 Å². The van der Waals surface area contributed by atoms with Gasteiger partial charge in [-0.25, -0.2) is 17.2 Å². The second kappa shape index (κ2) is 6.18. The lowest BCUT2D eigenvalue weighted by Gasteiger charge is -2.19. The van der Waals surface area contributed by atoms with Crippen molar-refractivity contribution in [1.82, 2.24) is 0 Å². The zero-order valence-corrected chi connectivity index (χ0v) is 12.1. The molecule has 1 heterocycles. The van der Waals surface area contributed by atoms with Crippen molar-refractivity contribution in [3.8, 4) is 0 Å². The quantitative estimate of drug-likeness (QED) is 0.840. The van der Waals surface area contributed by atoms with Gasteiger partial charge in [0.1, 0.15) is 11.6 Å². The third-order valence-electron chi connectivity index (χ3n) is 3.56. The van der Waals surface area contributed by atoms with Gasteiger partial charge in [0.15, 0.2) is 9.84 Å². The van der Waals surface area contributed by atoms with Crippen molar-refractivity contribution in [1.29, 1.82) is 0 Å². The van der Waals surface area contributed by atoms with Gasteiger partial charge in [0, 0.05) is 18.2 Å². The fourth-order valence-corrected chi connectivity index (χ4v) is 4.68. The molecule has 0 bridgehead atoms. The molecule has 0 aromatic heterocycles. The summed E-state index contributed by atoms with van der Waals surface area (Å²) in [7, 11) is -3.53. The molecule has 1 aliphatic heterocycles. The molecule has 0 radical (unpaired) electrons. The van der Waals surface area contributed by atoms with E-state index in [0.717, 1.165) is 18.6 Å². The molecule has 1 aliphatic rings. The summed E-state index contributed by atoms with van der Waals surface area (Å²) in [5.74, 6) is -1.63. The Balaban J connectivity index is 2.25. The number of halogens is 2. The van der Waals surface area contributed by atoms with Gasteiger partial charge in [-0.2, -0.15) is 0 Å². The summed E-state index contributed by atoms with van der Waals surface area (Å²) < 4.78 is 56.9. The molecule has 3 nitrogen and oxygen atoms in total. The molecule has 0 amide bonds. The van der Waals surface area contributed by atoms with Gasteiger partial charge in [-0.05, 0) is 25.3 Å². The molecular weight excluding hydrogens is 286 g/mol. The van der Waals surface area contributed by atoms with Gasteiger partial charge in [-0.1, -0.05) is 13.0 Å². The first-order valence-electron chi connectivity index (χ1n) is 6.72. The summed E-state index contributed by atoms with van der Waals surface area (Å²) >= 11 is 0. The van der Waals surface area contributed by atoms with Crippen molar-refractivity contribution in [2.24, 2.45) is 0 Å². The van der Waals surface area contributed by atoms with Gasteiger partial charge in [0.2, 0.25) is 0 Å². The lowest BCUT2D eigenvalue weighted by atomic mass is 10.1. The lowest BCUT2D eigenvalue weighted by Crippen LogP contribution is -2.25. The Labute approximate surface area is 117 Å². The second-order valence-corrected chi connectivity index (χ2v) is 7.26. The van der Waals surface area contributed by atoms with Gasteiger partial charge in [0.25, 0.3) is 0 Å². The predicted molar refractivity (Wildman–Crippen MR) is 72.2 cm³/mol. The molecule has 0 aliphatic carbocycles. The Morgan fingerprint density at radius 1 is 1.40 bits per heavy atom. The zero-order chi connectivity index (χ0) is 14.8. The predicted octanol–water partition coefficient (Wildman–Crippen LogP) is 3.01. The van der Waals surface area contributed by atoms with Gasteiger partial charge in [-0.15, -0.1) is 0 Å². The molecule has 1 fully saturated rings. The van der Waals surface area contributed by atoms with Crippen LogP contribution >= 0.6 is 0 Å². The molecule has 2 atom stereocenters. The topological polar surface area (TPSA) is 43.4 Å². The van der Waals surface area contributed by atoms with Crippen LogP contribution < -0.4 is 0 Å². The minimum Gasteiger partial charge on any atom is -0.377 e. The van der Waals surface area contributed by atoms with Crippen molar-refractivity contribution in [2.75, 3.05) is 12.4 Å². The molecule has 20 heavy (non-hydrogen) atoms. The summed E-state index contributed by atoms with van der Waals surface area (Å²) in [6, 6.07) is 3.02. The average molecular weight is 304 g/mol. The SMILES string of the molecule is CCC(c1ccc(F)cc1F)S(=O)(=O)CC1CCCO1. The lowest BCUT2D eigenvalue weighted by molar-refractivity contribution is 0.127. The van der Waals surface area contributed by atoms with Gasteiger partial charge in [0.05, 0.1) is 17.1 Å². The molecular formula is C14H18F2O3S. The van der Waals surface area contributed by atoms with Crippen molar-refractivity contribution < 1.29 is 21.9 Å². The maximum Gasteiger partial charge on any atom is 0.159 e. The third kappa shape index (κ3) is 3.35. The van der Waals surface area contributed by atoms with E-state index >= 15 is 0 Å². The van der Waals surface area contributed by atoms with E-state index in [1.54, 1.807) is 6.92 Å². The summed E-state index contributed by atoms with van der Waals surface area (Å²) in [4.78, 5) is 0. The summed E-state index contributed by atoms with van der Waals surface area (Å²) in [6.45, 7) is 2.25. The molecule has 112 valence electrons. The first-order chi connectivity index (χ1) is 9.44. The maximum atomic E-state index is 13.8. The summed E-state index contributed by atoms with van der Waals surface area (Å²) in [5, 5.41) is -0.952. The van der Waals surface area contributed by atoms with Crippen LogP contribution in [0.3, 0.4) is 0 Å². The van der Waals surface area contributed by atoms with Gasteiger partial charge >= 0.3 is 0 Å². The Kier molecular flexibility index (Phi) is 4.75. The molecule has 1 aromatic rings. The molecule has 1 aromatic carbocycles. The number of sulfone groups is 1. The van der Waals surface area contributed by atoms with Crippen LogP contribution in [0.1, 0.15) is 37.0 Å². The van der Waals surface area contributed by atoms with E-state index < -0.39 is 26.7 Å². The highest BCUT2D eigenvalue weighted by molar-refractivity contribution is 7.91. The molecule has 1 saturated heterocycles. The highest BCUT2D eigenvalue weighted by Gasteiger charge is 2.32. The Bertz CT molecular complexity index is 566. The zero-order valence-electron chi connectivity index (χ0n) is 11.3. The summed E-state index contributed by atoms with van der Waals surface area (Å²) in [6.07, 6.45) is 1.50. The molecule has 6 heteroatoms. The minimum absolute atomic E-state index is 0.0342. The van der Waals surface area contributed by atoms with E-state index in [9.17, 15) is 17.2 Å². The molecule has 0 N–H and O–H groups in total. The Morgan fingerprint density at radius 3 is 2.70 bits per heavy atom. The van der Waals surface area contributed by atoms with E-state index in [0.29, 0.717) is 13.0 Å². The van der Waals surface area contributed by atoms with Crippen molar-refractivity contribution >= 4 is 9.84 Å². The van der Waals surface area contributed by atoms with Crippen LogP contribution in [0.15, 0.2) is 18.2 Å². The number of rotatable bonds is 5. The largest absolute Gasteiger partial charge is 0.377 e. The van der Waals surface area contributed by atoms with Crippen molar-refractivity contribution in [2.45, 2.75) is 37.5 Å². The molecule has 0 spiro atoms. The van der Waals surface area contributed by atoms with E-state index in [2.05, 4.69) is 0 Å². The highest BCUT2D eigenvalue weighted by Crippen LogP contribution is 2.30. The molecule has 2 rings (SSSR count). The smallest absolute Gasteiger partial charge is 0.159 e. The van der Waals surface area contributed by atoms with E-state index in [1.165, 1.54) is 6.07 Å². The number of benzene rings is 1. The van der Waals surface area contributed by atoms with Crippen LogP contribution in [0.5, 0.6) is 0 Å². The number of hydrogen-bond acceptors (Lipinski definition) is 3.